The SMILES string of the molecule is CC(NC(=O)CCC1CCNCC1)c1nc(C(=O)O)cs1. The summed E-state index contributed by atoms with van der Waals surface area (Å²) in [6.07, 6.45) is 3.71. The van der Waals surface area contributed by atoms with Crippen molar-refractivity contribution in [3.8, 4) is 0 Å². The number of thiazole rings is 1. The van der Waals surface area contributed by atoms with E-state index >= 15 is 0 Å². The summed E-state index contributed by atoms with van der Waals surface area (Å²) in [7, 11) is 0. The Morgan fingerprint density at radius 1 is 1.52 bits per heavy atom. The van der Waals surface area contributed by atoms with Crippen LogP contribution < -0.4 is 10.6 Å². The molecule has 0 saturated carbocycles. The van der Waals surface area contributed by atoms with Crippen LogP contribution in [0.3, 0.4) is 0 Å². The number of carboxylic acid groups (broad SMARTS) is 1. The minimum Gasteiger partial charge on any atom is -0.476 e. The summed E-state index contributed by atoms with van der Waals surface area (Å²) < 4.78 is 0. The normalized spacial score (nSPS) is 17.4. The quantitative estimate of drug-likeness (QED) is 0.745. The predicted molar refractivity (Wildman–Crippen MR) is 80.5 cm³/mol. The van der Waals surface area contributed by atoms with Crippen molar-refractivity contribution < 1.29 is 14.7 Å². The standard InChI is InChI=1S/C14H21N3O3S/c1-9(13-17-11(8-21-13)14(19)20)16-12(18)3-2-10-4-6-15-7-5-10/h8-10,15H,2-7H2,1H3,(H,16,18)(H,19,20). The molecule has 0 bridgehead atoms. The van der Waals surface area contributed by atoms with Gasteiger partial charge in [0.2, 0.25) is 5.91 Å². The molecule has 21 heavy (non-hydrogen) atoms. The molecule has 1 aliphatic heterocycles. The molecule has 1 fully saturated rings. The first-order valence-electron chi connectivity index (χ1n) is 7.25. The lowest BCUT2D eigenvalue weighted by molar-refractivity contribution is -0.122. The summed E-state index contributed by atoms with van der Waals surface area (Å²) in [5.41, 5.74) is 0.0332. The Kier molecular flexibility index (Phi) is 5.69. The highest BCUT2D eigenvalue weighted by Crippen LogP contribution is 2.20. The van der Waals surface area contributed by atoms with Crippen molar-refractivity contribution in [2.45, 2.75) is 38.6 Å². The zero-order valence-corrected chi connectivity index (χ0v) is 12.9. The van der Waals surface area contributed by atoms with Crippen molar-refractivity contribution >= 4 is 23.2 Å². The second-order valence-electron chi connectivity index (χ2n) is 5.40. The van der Waals surface area contributed by atoms with Gasteiger partial charge in [0.25, 0.3) is 0 Å². The minimum absolute atomic E-state index is 0.00751. The third-order valence-electron chi connectivity index (χ3n) is 3.73. The van der Waals surface area contributed by atoms with E-state index in [1.165, 1.54) is 16.7 Å². The lowest BCUT2D eigenvalue weighted by atomic mass is 9.93. The first-order chi connectivity index (χ1) is 10.1. The van der Waals surface area contributed by atoms with Gasteiger partial charge in [0.05, 0.1) is 6.04 Å². The second kappa shape index (κ2) is 7.51. The van der Waals surface area contributed by atoms with E-state index < -0.39 is 5.97 Å². The van der Waals surface area contributed by atoms with E-state index in [4.69, 9.17) is 5.11 Å². The smallest absolute Gasteiger partial charge is 0.355 e. The van der Waals surface area contributed by atoms with E-state index in [1.807, 2.05) is 6.92 Å². The van der Waals surface area contributed by atoms with E-state index in [0.717, 1.165) is 32.4 Å². The summed E-state index contributed by atoms with van der Waals surface area (Å²) in [5.74, 6) is -0.402. The number of nitrogens with zero attached hydrogens (tertiary/aromatic N) is 1. The van der Waals surface area contributed by atoms with Crippen molar-refractivity contribution in [2.24, 2.45) is 5.92 Å². The number of hydrogen-bond acceptors (Lipinski definition) is 5. The number of aromatic nitrogens is 1. The zero-order chi connectivity index (χ0) is 15.2. The number of carboxylic acids is 1. The van der Waals surface area contributed by atoms with Gasteiger partial charge >= 0.3 is 5.97 Å². The Labute approximate surface area is 128 Å². The number of rotatable bonds is 6. The van der Waals surface area contributed by atoms with Gasteiger partial charge in [-0.05, 0) is 45.2 Å². The van der Waals surface area contributed by atoms with Crippen LogP contribution in [0.4, 0.5) is 0 Å². The lowest BCUT2D eigenvalue weighted by Crippen LogP contribution is -2.30. The molecule has 1 saturated heterocycles. The summed E-state index contributed by atoms with van der Waals surface area (Å²) in [6.45, 7) is 3.91. The summed E-state index contributed by atoms with van der Waals surface area (Å²) in [6, 6.07) is -0.247. The molecular formula is C14H21N3O3S. The molecule has 1 unspecified atom stereocenters. The molecular weight excluding hydrogens is 290 g/mol. The van der Waals surface area contributed by atoms with E-state index in [2.05, 4.69) is 15.6 Å². The van der Waals surface area contributed by atoms with Crippen LogP contribution in [-0.4, -0.2) is 35.1 Å². The van der Waals surface area contributed by atoms with Crippen LogP contribution in [0.2, 0.25) is 0 Å². The molecule has 7 heteroatoms. The first-order valence-corrected chi connectivity index (χ1v) is 8.13. The molecule has 0 aliphatic carbocycles. The molecule has 0 spiro atoms. The fraction of sp³-hybridized carbons (Fsp3) is 0.643. The van der Waals surface area contributed by atoms with Gasteiger partial charge in [0, 0.05) is 11.8 Å². The van der Waals surface area contributed by atoms with Crippen LogP contribution in [0.25, 0.3) is 0 Å². The average Bonchev–Trinajstić information content (AvgIpc) is 2.96. The number of carbonyl (C=O) groups is 2. The van der Waals surface area contributed by atoms with Gasteiger partial charge in [-0.25, -0.2) is 9.78 Å². The number of nitrogens with one attached hydrogen (secondary N) is 2. The molecule has 0 aromatic carbocycles. The fourth-order valence-electron chi connectivity index (χ4n) is 2.47. The van der Waals surface area contributed by atoms with Crippen LogP contribution >= 0.6 is 11.3 Å². The van der Waals surface area contributed by atoms with Crippen molar-refractivity contribution in [2.75, 3.05) is 13.1 Å². The number of aromatic carboxylic acids is 1. The van der Waals surface area contributed by atoms with Gasteiger partial charge in [0.1, 0.15) is 5.01 Å². The largest absolute Gasteiger partial charge is 0.476 e. The fourth-order valence-corrected chi connectivity index (χ4v) is 3.27. The highest BCUT2D eigenvalue weighted by atomic mass is 32.1. The van der Waals surface area contributed by atoms with Crippen molar-refractivity contribution in [1.82, 2.24) is 15.6 Å². The van der Waals surface area contributed by atoms with E-state index in [-0.39, 0.29) is 17.6 Å². The van der Waals surface area contributed by atoms with Crippen LogP contribution in [-0.2, 0) is 4.79 Å². The molecule has 1 amide bonds. The topological polar surface area (TPSA) is 91.3 Å². The van der Waals surface area contributed by atoms with Crippen LogP contribution in [0.15, 0.2) is 5.38 Å². The molecule has 1 atom stereocenters. The Hall–Kier alpha value is -1.47. The monoisotopic (exact) mass is 311 g/mol. The van der Waals surface area contributed by atoms with Crippen LogP contribution in [0.5, 0.6) is 0 Å². The maximum atomic E-state index is 11.9. The summed E-state index contributed by atoms with van der Waals surface area (Å²) in [5, 5.41) is 17.2. The molecule has 1 aromatic rings. The molecule has 116 valence electrons. The van der Waals surface area contributed by atoms with Crippen molar-refractivity contribution in [1.29, 1.82) is 0 Å². The van der Waals surface area contributed by atoms with Gasteiger partial charge in [0.15, 0.2) is 5.69 Å². The maximum absolute atomic E-state index is 11.9. The predicted octanol–water partition coefficient (Wildman–Crippen LogP) is 1.80. The second-order valence-corrected chi connectivity index (χ2v) is 6.29. The Morgan fingerprint density at radius 3 is 2.86 bits per heavy atom. The highest BCUT2D eigenvalue weighted by molar-refractivity contribution is 7.09. The van der Waals surface area contributed by atoms with Crippen LogP contribution in [0, 0.1) is 5.92 Å². The Balaban J connectivity index is 1.76. The minimum atomic E-state index is -1.04. The van der Waals surface area contributed by atoms with E-state index in [9.17, 15) is 9.59 Å². The third-order valence-corrected chi connectivity index (χ3v) is 4.75. The number of amides is 1. The van der Waals surface area contributed by atoms with E-state index in [0.29, 0.717) is 17.3 Å². The summed E-state index contributed by atoms with van der Waals surface area (Å²) in [4.78, 5) is 26.7. The molecule has 1 aliphatic rings. The lowest BCUT2D eigenvalue weighted by Gasteiger charge is -2.22. The first kappa shape index (κ1) is 15.9. The van der Waals surface area contributed by atoms with Crippen molar-refractivity contribution in [3.05, 3.63) is 16.1 Å². The summed E-state index contributed by atoms with van der Waals surface area (Å²) >= 11 is 1.26. The number of piperidine rings is 1. The van der Waals surface area contributed by atoms with Crippen molar-refractivity contribution in [3.63, 3.8) is 0 Å². The van der Waals surface area contributed by atoms with Gasteiger partial charge < -0.3 is 15.7 Å². The Morgan fingerprint density at radius 2 is 2.24 bits per heavy atom. The van der Waals surface area contributed by atoms with Gasteiger partial charge in [-0.2, -0.15) is 0 Å². The number of carbonyl (C=O) groups excluding carboxylic acids is 1. The van der Waals surface area contributed by atoms with Crippen LogP contribution in [0.1, 0.15) is 54.1 Å². The van der Waals surface area contributed by atoms with Gasteiger partial charge in [-0.3, -0.25) is 4.79 Å². The van der Waals surface area contributed by atoms with Gasteiger partial charge in [-0.15, -0.1) is 11.3 Å². The molecule has 1 aromatic heterocycles. The molecule has 2 heterocycles. The molecule has 0 radical (unpaired) electrons. The average molecular weight is 311 g/mol. The zero-order valence-electron chi connectivity index (χ0n) is 12.1. The maximum Gasteiger partial charge on any atom is 0.355 e. The van der Waals surface area contributed by atoms with E-state index in [1.54, 1.807) is 0 Å². The Bertz CT molecular complexity index is 497. The molecule has 2 rings (SSSR count). The highest BCUT2D eigenvalue weighted by Gasteiger charge is 2.18. The molecule has 6 nitrogen and oxygen atoms in total. The van der Waals surface area contributed by atoms with Gasteiger partial charge in [-0.1, -0.05) is 0 Å². The molecule has 3 N–H and O–H groups in total. The third kappa shape index (κ3) is 4.78. The number of hydrogen-bond donors (Lipinski definition) is 3.